The highest BCUT2D eigenvalue weighted by atomic mass is 16.5. The smallest absolute Gasteiger partial charge is 0.229 e. The maximum atomic E-state index is 5.39. The van der Waals surface area contributed by atoms with Gasteiger partial charge in [0.15, 0.2) is 0 Å². The second-order valence-electron chi connectivity index (χ2n) is 5.68. The maximum Gasteiger partial charge on any atom is 0.229 e. The number of unbranched alkanes of at least 4 members (excludes halogenated alkanes) is 2. The molecule has 0 spiro atoms. The van der Waals surface area contributed by atoms with Gasteiger partial charge in [0.2, 0.25) is 5.95 Å². The van der Waals surface area contributed by atoms with Crippen LogP contribution in [0.3, 0.4) is 0 Å². The molecule has 0 saturated carbocycles. The van der Waals surface area contributed by atoms with Crippen molar-refractivity contribution < 1.29 is 4.74 Å². The molecule has 0 aliphatic rings. The van der Waals surface area contributed by atoms with Crippen LogP contribution in [-0.4, -0.2) is 23.6 Å². The molecule has 0 amide bonds. The zero-order valence-electron chi connectivity index (χ0n) is 14.4. The summed E-state index contributed by atoms with van der Waals surface area (Å²) >= 11 is 0. The number of ether oxygens (including phenoxy) is 1. The molecular formula is C18H26N4O. The Morgan fingerprint density at radius 3 is 2.65 bits per heavy atom. The topological polar surface area (TPSA) is 59.1 Å². The van der Waals surface area contributed by atoms with Gasteiger partial charge < -0.3 is 15.4 Å². The van der Waals surface area contributed by atoms with Crippen LogP contribution < -0.4 is 15.4 Å². The van der Waals surface area contributed by atoms with Crippen molar-refractivity contribution in [1.82, 2.24) is 9.97 Å². The number of nitrogens with one attached hydrogen (secondary N) is 2. The summed E-state index contributed by atoms with van der Waals surface area (Å²) in [4.78, 5) is 9.00. The number of aryl methyl sites for hydroxylation is 2. The monoisotopic (exact) mass is 314 g/mol. The van der Waals surface area contributed by atoms with Gasteiger partial charge in [-0.15, -0.1) is 0 Å². The van der Waals surface area contributed by atoms with Crippen LogP contribution in [0.25, 0.3) is 0 Å². The fraction of sp³-hybridized carbons (Fsp3) is 0.444. The summed E-state index contributed by atoms with van der Waals surface area (Å²) < 4.78 is 5.39. The third kappa shape index (κ3) is 5.13. The van der Waals surface area contributed by atoms with Crippen molar-refractivity contribution in [3.63, 3.8) is 0 Å². The minimum Gasteiger partial charge on any atom is -0.495 e. The molecule has 0 fully saturated rings. The van der Waals surface area contributed by atoms with Gasteiger partial charge in [-0.3, -0.25) is 0 Å². The lowest BCUT2D eigenvalue weighted by Gasteiger charge is -2.13. The van der Waals surface area contributed by atoms with E-state index in [0.717, 1.165) is 41.5 Å². The Morgan fingerprint density at radius 2 is 1.91 bits per heavy atom. The Labute approximate surface area is 138 Å². The number of benzene rings is 1. The van der Waals surface area contributed by atoms with Crippen LogP contribution in [0.15, 0.2) is 24.3 Å². The van der Waals surface area contributed by atoms with Crippen LogP contribution in [0.5, 0.6) is 5.75 Å². The number of aromatic nitrogens is 2. The van der Waals surface area contributed by atoms with Gasteiger partial charge in [0.05, 0.1) is 12.8 Å². The van der Waals surface area contributed by atoms with E-state index in [2.05, 4.69) is 27.5 Å². The molecule has 5 nitrogen and oxygen atoms in total. The van der Waals surface area contributed by atoms with Gasteiger partial charge in [-0.25, -0.2) is 4.98 Å². The fourth-order valence-electron chi connectivity index (χ4n) is 2.35. The number of methoxy groups -OCH3 is 1. The molecule has 0 saturated heterocycles. The normalized spacial score (nSPS) is 10.4. The van der Waals surface area contributed by atoms with Gasteiger partial charge in [-0.05, 0) is 38.0 Å². The fourth-order valence-corrected chi connectivity index (χ4v) is 2.35. The summed E-state index contributed by atoms with van der Waals surface area (Å²) in [5.41, 5.74) is 2.95. The Balaban J connectivity index is 2.13. The Kier molecular flexibility index (Phi) is 6.20. The molecule has 2 aromatic rings. The zero-order valence-corrected chi connectivity index (χ0v) is 14.4. The minimum absolute atomic E-state index is 0.576. The van der Waals surface area contributed by atoms with Crippen LogP contribution >= 0.6 is 0 Å². The molecule has 1 aromatic heterocycles. The molecule has 1 heterocycles. The zero-order chi connectivity index (χ0) is 16.7. The summed E-state index contributed by atoms with van der Waals surface area (Å²) in [5, 5.41) is 6.62. The van der Waals surface area contributed by atoms with E-state index < -0.39 is 0 Å². The van der Waals surface area contributed by atoms with Crippen LogP contribution in [0.1, 0.15) is 37.4 Å². The molecule has 0 unspecified atom stereocenters. The third-order valence-corrected chi connectivity index (χ3v) is 3.54. The molecule has 0 aliphatic heterocycles. The van der Waals surface area contributed by atoms with Crippen molar-refractivity contribution in [1.29, 1.82) is 0 Å². The second kappa shape index (κ2) is 8.36. The Hall–Kier alpha value is -2.30. The lowest BCUT2D eigenvalue weighted by atomic mass is 10.2. The van der Waals surface area contributed by atoms with Crippen molar-refractivity contribution >= 4 is 17.5 Å². The number of nitrogens with zero attached hydrogens (tertiary/aromatic N) is 2. The van der Waals surface area contributed by atoms with Gasteiger partial charge in [-0.2, -0.15) is 4.98 Å². The summed E-state index contributed by atoms with van der Waals surface area (Å²) in [6.45, 7) is 7.14. The van der Waals surface area contributed by atoms with Crippen LogP contribution in [0, 0.1) is 13.8 Å². The number of hydrogen-bond donors (Lipinski definition) is 2. The highest BCUT2D eigenvalue weighted by Gasteiger charge is 2.07. The van der Waals surface area contributed by atoms with E-state index in [-0.39, 0.29) is 0 Å². The molecule has 5 heteroatoms. The molecule has 1 aromatic carbocycles. The van der Waals surface area contributed by atoms with Crippen LogP contribution in [-0.2, 0) is 0 Å². The highest BCUT2D eigenvalue weighted by Crippen LogP contribution is 2.27. The summed E-state index contributed by atoms with van der Waals surface area (Å²) in [7, 11) is 1.66. The van der Waals surface area contributed by atoms with Crippen LogP contribution in [0.2, 0.25) is 0 Å². The van der Waals surface area contributed by atoms with E-state index in [0.29, 0.717) is 5.95 Å². The van der Waals surface area contributed by atoms with Gasteiger partial charge in [0, 0.05) is 18.3 Å². The largest absolute Gasteiger partial charge is 0.495 e. The predicted molar refractivity (Wildman–Crippen MR) is 95.8 cm³/mol. The number of hydrogen-bond acceptors (Lipinski definition) is 5. The van der Waals surface area contributed by atoms with Gasteiger partial charge in [0.25, 0.3) is 0 Å². The SMILES string of the molecule is CCCCCNc1cc(C)nc(Nc2cc(C)ccc2OC)n1. The first-order valence-corrected chi connectivity index (χ1v) is 8.13. The molecule has 0 radical (unpaired) electrons. The second-order valence-corrected chi connectivity index (χ2v) is 5.68. The first-order valence-electron chi connectivity index (χ1n) is 8.13. The summed E-state index contributed by atoms with van der Waals surface area (Å²) in [5.74, 6) is 2.20. The lowest BCUT2D eigenvalue weighted by Crippen LogP contribution is -2.07. The quantitative estimate of drug-likeness (QED) is 0.705. The van der Waals surface area contributed by atoms with E-state index in [1.54, 1.807) is 7.11 Å². The standard InChI is InChI=1S/C18H26N4O/c1-5-6-7-10-19-17-12-14(3)20-18(22-17)21-15-11-13(2)8-9-16(15)23-4/h8-9,11-12H,5-7,10H2,1-4H3,(H2,19,20,21,22). The first-order chi connectivity index (χ1) is 11.1. The van der Waals surface area contributed by atoms with Gasteiger partial charge in [-0.1, -0.05) is 25.8 Å². The van der Waals surface area contributed by atoms with Crippen molar-refractivity contribution in [3.8, 4) is 5.75 Å². The van der Waals surface area contributed by atoms with Crippen molar-refractivity contribution in [2.24, 2.45) is 0 Å². The number of rotatable bonds is 8. The predicted octanol–water partition coefficient (Wildman–Crippen LogP) is 4.45. The van der Waals surface area contributed by atoms with Crippen molar-refractivity contribution in [2.45, 2.75) is 40.0 Å². The van der Waals surface area contributed by atoms with E-state index in [4.69, 9.17) is 4.74 Å². The lowest BCUT2D eigenvalue weighted by molar-refractivity contribution is 0.416. The Bertz CT molecular complexity index is 643. The molecule has 0 atom stereocenters. The van der Waals surface area contributed by atoms with Crippen LogP contribution in [0.4, 0.5) is 17.5 Å². The molecule has 23 heavy (non-hydrogen) atoms. The van der Waals surface area contributed by atoms with Gasteiger partial charge in [0.1, 0.15) is 11.6 Å². The summed E-state index contributed by atoms with van der Waals surface area (Å²) in [6.07, 6.45) is 3.58. The van der Waals surface area contributed by atoms with E-state index in [1.807, 2.05) is 38.1 Å². The van der Waals surface area contributed by atoms with E-state index >= 15 is 0 Å². The Morgan fingerprint density at radius 1 is 1.09 bits per heavy atom. The molecule has 0 aliphatic carbocycles. The average Bonchev–Trinajstić information content (AvgIpc) is 2.51. The molecule has 124 valence electrons. The molecule has 2 N–H and O–H groups in total. The average molecular weight is 314 g/mol. The van der Waals surface area contributed by atoms with Crippen molar-refractivity contribution in [3.05, 3.63) is 35.5 Å². The maximum absolute atomic E-state index is 5.39. The number of anilines is 3. The van der Waals surface area contributed by atoms with Crippen molar-refractivity contribution in [2.75, 3.05) is 24.3 Å². The highest BCUT2D eigenvalue weighted by molar-refractivity contribution is 5.64. The summed E-state index contributed by atoms with van der Waals surface area (Å²) in [6, 6.07) is 7.95. The molecular weight excluding hydrogens is 288 g/mol. The van der Waals surface area contributed by atoms with E-state index in [9.17, 15) is 0 Å². The third-order valence-electron chi connectivity index (χ3n) is 3.54. The molecule has 2 rings (SSSR count). The minimum atomic E-state index is 0.576. The van der Waals surface area contributed by atoms with E-state index in [1.165, 1.54) is 12.8 Å². The first kappa shape index (κ1) is 17.1. The molecule has 0 bridgehead atoms. The van der Waals surface area contributed by atoms with Gasteiger partial charge >= 0.3 is 0 Å².